The molecule has 0 fully saturated rings. The van der Waals surface area contributed by atoms with E-state index in [-0.39, 0.29) is 0 Å². The number of ether oxygens (including phenoxy) is 1. The largest absolute Gasteiger partial charge is 0.456 e. The first-order valence-corrected chi connectivity index (χ1v) is 19.7. The average molecular weight is 910 g/mol. The molecule has 0 aliphatic heterocycles. The van der Waals surface area contributed by atoms with Crippen LogP contribution in [0.3, 0.4) is 0 Å². The molecule has 252 valence electrons. The topological polar surface area (TPSA) is 15.2 Å². The van der Waals surface area contributed by atoms with Gasteiger partial charge in [-0.15, -0.1) is 0 Å². The SMILES string of the molecule is CC[N+](CC)=C(/C=C/C=C(/O/C(=C/C=C/C(c1ccc(Br)cc1)=[N+](CC)CC)c1ccc(Br)cc1)c1ccc(Br)cc1)c1ccc(Br)cc1. The van der Waals surface area contributed by atoms with Crippen molar-refractivity contribution < 1.29 is 13.9 Å². The summed E-state index contributed by atoms with van der Waals surface area (Å²) >= 11 is 14.4. The van der Waals surface area contributed by atoms with Crippen molar-refractivity contribution in [2.45, 2.75) is 27.7 Å². The highest BCUT2D eigenvalue weighted by Crippen LogP contribution is 2.28. The normalized spacial score (nSPS) is 12.1. The summed E-state index contributed by atoms with van der Waals surface area (Å²) < 4.78 is 15.7. The predicted molar refractivity (Wildman–Crippen MR) is 223 cm³/mol. The minimum absolute atomic E-state index is 0.738. The fraction of sp³-hybridized carbons (Fsp3) is 0.190. The molecule has 0 N–H and O–H groups in total. The molecule has 0 bridgehead atoms. The molecule has 0 atom stereocenters. The number of hydrogen-bond donors (Lipinski definition) is 0. The van der Waals surface area contributed by atoms with E-state index in [1.54, 1.807) is 0 Å². The van der Waals surface area contributed by atoms with Gasteiger partial charge in [-0.25, -0.2) is 9.15 Å². The Morgan fingerprint density at radius 3 is 0.980 bits per heavy atom. The zero-order valence-electron chi connectivity index (χ0n) is 28.3. The smallest absolute Gasteiger partial charge is 0.207 e. The maximum absolute atomic E-state index is 6.87. The Morgan fingerprint density at radius 1 is 0.449 bits per heavy atom. The summed E-state index contributed by atoms with van der Waals surface area (Å²) in [4.78, 5) is 0. The molecule has 0 aliphatic rings. The van der Waals surface area contributed by atoms with Gasteiger partial charge in [0.15, 0.2) is 0 Å². The van der Waals surface area contributed by atoms with Gasteiger partial charge in [0.2, 0.25) is 11.4 Å². The van der Waals surface area contributed by atoms with Crippen LogP contribution in [0.15, 0.2) is 151 Å². The molecule has 3 nitrogen and oxygen atoms in total. The monoisotopic (exact) mass is 906 g/mol. The van der Waals surface area contributed by atoms with Crippen molar-refractivity contribution >= 4 is 86.7 Å². The van der Waals surface area contributed by atoms with Crippen molar-refractivity contribution in [3.8, 4) is 0 Å². The van der Waals surface area contributed by atoms with Gasteiger partial charge in [0.1, 0.15) is 37.7 Å². The first-order valence-electron chi connectivity index (χ1n) is 16.5. The standard InChI is InChI=1S/C42H42Br4N2O/c1-5-47(6-2)39(31-15-23-35(43)24-16-31)11-9-13-41(33-19-27-37(45)28-20-33)49-42(34-21-29-38(46)30-22-34)14-10-12-40(48(7-3)8-4)32-17-25-36(44)26-18-32/h9-30H,5-8H2,1-4H3/q+2/b11-9+,12-10+,41-13+,42-14+. The first kappa shape index (κ1) is 38.7. The second-order valence-electron chi connectivity index (χ2n) is 11.0. The van der Waals surface area contributed by atoms with E-state index < -0.39 is 0 Å². The van der Waals surface area contributed by atoms with E-state index in [9.17, 15) is 0 Å². The highest BCUT2D eigenvalue weighted by molar-refractivity contribution is 9.11. The third kappa shape index (κ3) is 11.5. The van der Waals surface area contributed by atoms with Crippen LogP contribution in [0.1, 0.15) is 49.9 Å². The van der Waals surface area contributed by atoms with Crippen molar-refractivity contribution in [1.29, 1.82) is 0 Å². The minimum Gasteiger partial charge on any atom is -0.456 e. The fourth-order valence-corrected chi connectivity index (χ4v) is 6.37. The molecule has 0 saturated carbocycles. The second kappa shape index (κ2) is 19.9. The second-order valence-corrected chi connectivity index (χ2v) is 14.7. The van der Waals surface area contributed by atoms with Gasteiger partial charge < -0.3 is 4.74 Å². The van der Waals surface area contributed by atoms with Crippen LogP contribution < -0.4 is 0 Å². The third-order valence-corrected chi connectivity index (χ3v) is 10.1. The number of rotatable bonds is 14. The van der Waals surface area contributed by atoms with Crippen LogP contribution in [0.25, 0.3) is 11.5 Å². The summed E-state index contributed by atoms with van der Waals surface area (Å²) in [5.41, 5.74) is 6.57. The highest BCUT2D eigenvalue weighted by Gasteiger charge is 2.14. The number of hydrogen-bond acceptors (Lipinski definition) is 1. The molecular weight excluding hydrogens is 868 g/mol. The van der Waals surface area contributed by atoms with Crippen LogP contribution >= 0.6 is 63.7 Å². The van der Waals surface area contributed by atoms with Gasteiger partial charge in [-0.2, -0.15) is 0 Å². The van der Waals surface area contributed by atoms with Crippen molar-refractivity contribution in [1.82, 2.24) is 0 Å². The first-order chi connectivity index (χ1) is 23.8. The Morgan fingerprint density at radius 2 is 0.714 bits per heavy atom. The van der Waals surface area contributed by atoms with Gasteiger partial charge in [-0.3, -0.25) is 0 Å². The van der Waals surface area contributed by atoms with Crippen LogP contribution in [0, 0.1) is 0 Å². The zero-order chi connectivity index (χ0) is 35.2. The minimum atomic E-state index is 0.738. The summed E-state index contributed by atoms with van der Waals surface area (Å²) in [6.45, 7) is 12.4. The van der Waals surface area contributed by atoms with Crippen molar-refractivity contribution in [2.75, 3.05) is 26.2 Å². The van der Waals surface area contributed by atoms with Crippen molar-refractivity contribution in [3.05, 3.63) is 174 Å². The molecule has 4 aromatic carbocycles. The lowest BCUT2D eigenvalue weighted by atomic mass is 10.1. The molecule has 4 aromatic rings. The van der Waals surface area contributed by atoms with E-state index in [1.165, 1.54) is 0 Å². The molecule has 49 heavy (non-hydrogen) atoms. The van der Waals surface area contributed by atoms with E-state index in [0.29, 0.717) is 0 Å². The molecular formula is C42H42Br4N2O+2. The maximum Gasteiger partial charge on any atom is 0.207 e. The van der Waals surface area contributed by atoms with Gasteiger partial charge in [0, 0.05) is 52.3 Å². The number of halogens is 4. The Hall–Kier alpha value is -3.10. The van der Waals surface area contributed by atoms with Crippen molar-refractivity contribution in [3.63, 3.8) is 0 Å². The summed E-state index contributed by atoms with van der Waals surface area (Å²) in [6.07, 6.45) is 12.6. The van der Waals surface area contributed by atoms with Crippen LogP contribution in [0.5, 0.6) is 0 Å². The van der Waals surface area contributed by atoms with Gasteiger partial charge in [-0.1, -0.05) is 100 Å². The molecule has 0 aromatic heterocycles. The lowest BCUT2D eigenvalue weighted by molar-refractivity contribution is -0.519. The average Bonchev–Trinajstić information content (AvgIpc) is 3.11. The van der Waals surface area contributed by atoms with Crippen LogP contribution in [0.4, 0.5) is 0 Å². The predicted octanol–water partition coefficient (Wildman–Crippen LogP) is 12.3. The Balaban J connectivity index is 1.81. The molecule has 7 heteroatoms. The Bertz CT molecular complexity index is 1710. The summed E-state index contributed by atoms with van der Waals surface area (Å²) in [5, 5.41) is 0. The van der Waals surface area contributed by atoms with Crippen LogP contribution in [-0.2, 0) is 4.74 Å². The van der Waals surface area contributed by atoms with Crippen molar-refractivity contribution in [2.24, 2.45) is 0 Å². The molecule has 0 saturated heterocycles. The van der Waals surface area contributed by atoms with E-state index in [2.05, 4.69) is 210 Å². The van der Waals surface area contributed by atoms with Gasteiger partial charge in [-0.05, 0) is 113 Å². The highest BCUT2D eigenvalue weighted by atomic mass is 79.9. The lowest BCUT2D eigenvalue weighted by Gasteiger charge is -2.14. The van der Waals surface area contributed by atoms with E-state index in [1.807, 2.05) is 24.3 Å². The van der Waals surface area contributed by atoms with Crippen LogP contribution in [-0.4, -0.2) is 46.8 Å². The molecule has 0 heterocycles. The van der Waals surface area contributed by atoms with Crippen LogP contribution in [0.2, 0.25) is 0 Å². The van der Waals surface area contributed by atoms with E-state index in [4.69, 9.17) is 4.74 Å². The maximum atomic E-state index is 6.87. The molecule has 0 spiro atoms. The fourth-order valence-electron chi connectivity index (χ4n) is 5.32. The molecule has 0 unspecified atom stereocenters. The summed E-state index contributed by atoms with van der Waals surface area (Å²) in [5.74, 6) is 1.48. The molecule has 0 radical (unpaired) electrons. The zero-order valence-corrected chi connectivity index (χ0v) is 34.7. The van der Waals surface area contributed by atoms with Gasteiger partial charge >= 0.3 is 0 Å². The number of allylic oxidation sites excluding steroid dienone is 6. The number of nitrogens with zero attached hydrogens (tertiary/aromatic N) is 2. The van der Waals surface area contributed by atoms with E-state index >= 15 is 0 Å². The quantitative estimate of drug-likeness (QED) is 0.0533. The molecule has 0 aliphatic carbocycles. The summed E-state index contributed by atoms with van der Waals surface area (Å²) in [6, 6.07) is 33.4. The summed E-state index contributed by atoms with van der Waals surface area (Å²) in [7, 11) is 0. The molecule has 4 rings (SSSR count). The van der Waals surface area contributed by atoms with Gasteiger partial charge in [0.25, 0.3) is 0 Å². The Kier molecular flexibility index (Phi) is 15.7. The number of benzene rings is 4. The third-order valence-electron chi connectivity index (χ3n) is 7.97. The van der Waals surface area contributed by atoms with Gasteiger partial charge in [0.05, 0.1) is 0 Å². The lowest BCUT2D eigenvalue weighted by Crippen LogP contribution is -2.20. The Labute approximate surface area is 325 Å². The molecule has 0 amide bonds. The van der Waals surface area contributed by atoms with E-state index in [0.717, 1.165) is 89.3 Å².